The first-order valence-electron chi connectivity index (χ1n) is 7.13. The van der Waals surface area contributed by atoms with E-state index in [9.17, 15) is 9.59 Å². The molecule has 8 heteroatoms. The Morgan fingerprint density at radius 3 is 2.88 bits per heavy atom. The molecule has 0 fully saturated rings. The summed E-state index contributed by atoms with van der Waals surface area (Å²) >= 11 is 0. The number of amides is 2. The third kappa shape index (κ3) is 3.54. The van der Waals surface area contributed by atoms with Crippen molar-refractivity contribution in [3.05, 3.63) is 47.8 Å². The number of benzene rings is 1. The highest BCUT2D eigenvalue weighted by Crippen LogP contribution is 2.34. The summed E-state index contributed by atoms with van der Waals surface area (Å²) in [6, 6.07) is 7.81. The van der Waals surface area contributed by atoms with E-state index in [-0.39, 0.29) is 13.3 Å². The van der Waals surface area contributed by atoms with Crippen LogP contribution in [0.5, 0.6) is 11.5 Å². The number of pyridine rings is 1. The zero-order valence-electron chi connectivity index (χ0n) is 12.9. The van der Waals surface area contributed by atoms with Crippen molar-refractivity contribution in [2.24, 2.45) is 0 Å². The Hall–Kier alpha value is -3.29. The van der Waals surface area contributed by atoms with Crippen molar-refractivity contribution in [1.82, 2.24) is 10.3 Å². The average molecular weight is 329 g/mol. The second kappa shape index (κ2) is 6.86. The Balaban J connectivity index is 1.57. The lowest BCUT2D eigenvalue weighted by atomic mass is 10.2. The van der Waals surface area contributed by atoms with E-state index in [1.54, 1.807) is 30.3 Å². The molecule has 1 aromatic carbocycles. The van der Waals surface area contributed by atoms with Crippen LogP contribution in [0.15, 0.2) is 36.5 Å². The highest BCUT2D eigenvalue weighted by Gasteiger charge is 2.14. The van der Waals surface area contributed by atoms with Gasteiger partial charge in [0.1, 0.15) is 0 Å². The number of esters is 1. The molecule has 24 heavy (non-hydrogen) atoms. The van der Waals surface area contributed by atoms with Crippen LogP contribution in [0.4, 0.5) is 10.5 Å². The zero-order valence-corrected chi connectivity index (χ0v) is 12.9. The number of carbonyl (C=O) groups excluding carboxylic acids is 2. The second-order valence-corrected chi connectivity index (χ2v) is 4.90. The molecule has 2 heterocycles. The van der Waals surface area contributed by atoms with E-state index >= 15 is 0 Å². The molecule has 0 atom stereocenters. The fraction of sp³-hybridized carbons (Fsp3) is 0.188. The maximum Gasteiger partial charge on any atom is 0.337 e. The number of methoxy groups -OCH3 is 1. The fourth-order valence-electron chi connectivity index (χ4n) is 2.14. The number of rotatable bonds is 4. The summed E-state index contributed by atoms with van der Waals surface area (Å²) in [5, 5.41) is 5.35. The summed E-state index contributed by atoms with van der Waals surface area (Å²) in [4.78, 5) is 27.5. The van der Waals surface area contributed by atoms with Gasteiger partial charge in [0.15, 0.2) is 11.5 Å². The van der Waals surface area contributed by atoms with E-state index in [4.69, 9.17) is 9.47 Å². The summed E-state index contributed by atoms with van der Waals surface area (Å²) < 4.78 is 15.1. The van der Waals surface area contributed by atoms with Crippen LogP contribution in [-0.4, -0.2) is 30.9 Å². The molecule has 0 aliphatic carbocycles. The van der Waals surface area contributed by atoms with Crippen LogP contribution in [-0.2, 0) is 11.3 Å². The first-order chi connectivity index (χ1) is 11.7. The van der Waals surface area contributed by atoms with Crippen LogP contribution in [0.3, 0.4) is 0 Å². The van der Waals surface area contributed by atoms with Gasteiger partial charge in [-0.2, -0.15) is 0 Å². The number of carbonyl (C=O) groups is 2. The lowest BCUT2D eigenvalue weighted by Gasteiger charge is -2.08. The molecule has 8 nitrogen and oxygen atoms in total. The molecule has 0 saturated heterocycles. The highest BCUT2D eigenvalue weighted by molar-refractivity contribution is 5.90. The molecule has 0 spiro atoms. The normalized spacial score (nSPS) is 11.7. The molecule has 1 aliphatic rings. The lowest BCUT2D eigenvalue weighted by molar-refractivity contribution is 0.0600. The third-order valence-corrected chi connectivity index (χ3v) is 3.30. The Kier molecular flexibility index (Phi) is 4.46. The van der Waals surface area contributed by atoms with Crippen molar-refractivity contribution in [2.45, 2.75) is 6.54 Å². The number of anilines is 1. The zero-order chi connectivity index (χ0) is 16.9. The minimum Gasteiger partial charge on any atom is -0.465 e. The van der Waals surface area contributed by atoms with E-state index in [1.165, 1.54) is 13.3 Å². The van der Waals surface area contributed by atoms with Gasteiger partial charge < -0.3 is 24.8 Å². The Morgan fingerprint density at radius 1 is 1.21 bits per heavy atom. The van der Waals surface area contributed by atoms with Gasteiger partial charge in [-0.1, -0.05) is 0 Å². The number of nitrogens with one attached hydrogen (secondary N) is 2. The van der Waals surface area contributed by atoms with Crippen LogP contribution in [0.1, 0.15) is 16.1 Å². The molecule has 124 valence electrons. The SMILES string of the molecule is COC(=O)c1ccnc(CNC(=O)Nc2ccc3c(c2)OCO3)c1. The van der Waals surface area contributed by atoms with Gasteiger partial charge in [-0.3, -0.25) is 4.98 Å². The monoisotopic (exact) mass is 329 g/mol. The third-order valence-electron chi connectivity index (χ3n) is 3.30. The topological polar surface area (TPSA) is 98.8 Å². The molecule has 0 radical (unpaired) electrons. The van der Waals surface area contributed by atoms with Gasteiger partial charge in [-0.05, 0) is 24.3 Å². The Bertz CT molecular complexity index is 778. The molecule has 2 N–H and O–H groups in total. The smallest absolute Gasteiger partial charge is 0.337 e. The van der Waals surface area contributed by atoms with E-state index in [2.05, 4.69) is 20.4 Å². The van der Waals surface area contributed by atoms with Gasteiger partial charge in [0, 0.05) is 18.0 Å². The van der Waals surface area contributed by atoms with Gasteiger partial charge in [-0.15, -0.1) is 0 Å². The Labute approximate surface area is 137 Å². The molecular weight excluding hydrogens is 314 g/mol. The average Bonchev–Trinajstić information content (AvgIpc) is 3.07. The lowest BCUT2D eigenvalue weighted by Crippen LogP contribution is -2.28. The molecule has 0 unspecified atom stereocenters. The maximum absolute atomic E-state index is 11.9. The van der Waals surface area contributed by atoms with Gasteiger partial charge in [0.25, 0.3) is 0 Å². The van der Waals surface area contributed by atoms with Crippen molar-refractivity contribution < 1.29 is 23.8 Å². The van der Waals surface area contributed by atoms with Crippen molar-refractivity contribution >= 4 is 17.7 Å². The predicted octanol–water partition coefficient (Wildman–Crippen LogP) is 1.92. The summed E-state index contributed by atoms with van der Waals surface area (Å²) in [5.41, 5.74) is 1.49. The summed E-state index contributed by atoms with van der Waals surface area (Å²) in [6.45, 7) is 0.342. The van der Waals surface area contributed by atoms with E-state index < -0.39 is 12.0 Å². The second-order valence-electron chi connectivity index (χ2n) is 4.90. The first-order valence-corrected chi connectivity index (χ1v) is 7.13. The van der Waals surface area contributed by atoms with Crippen molar-refractivity contribution in [3.8, 4) is 11.5 Å². The molecular formula is C16H15N3O5. The minimum atomic E-state index is -0.455. The standard InChI is InChI=1S/C16H15N3O5/c1-22-15(20)10-4-5-17-12(6-10)8-18-16(21)19-11-2-3-13-14(7-11)24-9-23-13/h2-7H,8-9H2,1H3,(H2,18,19,21). The maximum atomic E-state index is 11.9. The molecule has 2 aromatic rings. The molecule has 0 saturated carbocycles. The Morgan fingerprint density at radius 2 is 2.04 bits per heavy atom. The van der Waals surface area contributed by atoms with Crippen molar-refractivity contribution in [1.29, 1.82) is 0 Å². The molecule has 2 amide bonds. The summed E-state index contributed by atoms with van der Waals surface area (Å²) in [5.74, 6) is 0.772. The minimum absolute atomic E-state index is 0.168. The van der Waals surface area contributed by atoms with Crippen molar-refractivity contribution in [2.75, 3.05) is 19.2 Å². The number of hydrogen-bond donors (Lipinski definition) is 2. The number of fused-ring (bicyclic) bond motifs is 1. The van der Waals surface area contributed by atoms with Crippen LogP contribution in [0.25, 0.3) is 0 Å². The number of urea groups is 1. The number of aromatic nitrogens is 1. The van der Waals surface area contributed by atoms with Crippen LogP contribution in [0.2, 0.25) is 0 Å². The van der Waals surface area contributed by atoms with Crippen LogP contribution < -0.4 is 20.1 Å². The van der Waals surface area contributed by atoms with Crippen LogP contribution >= 0.6 is 0 Å². The van der Waals surface area contributed by atoms with Crippen LogP contribution in [0, 0.1) is 0 Å². The van der Waals surface area contributed by atoms with Crippen molar-refractivity contribution in [3.63, 3.8) is 0 Å². The highest BCUT2D eigenvalue weighted by atomic mass is 16.7. The van der Waals surface area contributed by atoms with Gasteiger partial charge in [0.05, 0.1) is 24.9 Å². The summed E-state index contributed by atoms with van der Waals surface area (Å²) in [6.07, 6.45) is 1.49. The predicted molar refractivity (Wildman–Crippen MR) is 84.0 cm³/mol. The van der Waals surface area contributed by atoms with Gasteiger partial charge in [0.2, 0.25) is 6.79 Å². The largest absolute Gasteiger partial charge is 0.465 e. The first kappa shape index (κ1) is 15.6. The van der Waals surface area contributed by atoms with E-state index in [1.807, 2.05) is 0 Å². The van der Waals surface area contributed by atoms with Gasteiger partial charge in [-0.25, -0.2) is 9.59 Å². The number of nitrogens with zero attached hydrogens (tertiary/aromatic N) is 1. The molecule has 1 aromatic heterocycles. The summed E-state index contributed by atoms with van der Waals surface area (Å²) in [7, 11) is 1.31. The number of ether oxygens (including phenoxy) is 3. The van der Waals surface area contributed by atoms with E-state index in [0.29, 0.717) is 28.4 Å². The molecule has 0 bridgehead atoms. The van der Waals surface area contributed by atoms with E-state index in [0.717, 1.165) is 0 Å². The fourth-order valence-corrected chi connectivity index (χ4v) is 2.14. The quantitative estimate of drug-likeness (QED) is 0.832. The number of hydrogen-bond acceptors (Lipinski definition) is 6. The van der Waals surface area contributed by atoms with Gasteiger partial charge >= 0.3 is 12.0 Å². The molecule has 1 aliphatic heterocycles. The molecule has 3 rings (SSSR count).